The zero-order chi connectivity index (χ0) is 12.4. The highest BCUT2D eigenvalue weighted by Gasteiger charge is 2.07. The summed E-state index contributed by atoms with van der Waals surface area (Å²) in [6.45, 7) is 4.34. The van der Waals surface area contributed by atoms with Gasteiger partial charge in [-0.2, -0.15) is 0 Å². The third-order valence-corrected chi connectivity index (χ3v) is 2.74. The van der Waals surface area contributed by atoms with Gasteiger partial charge in [0.05, 0.1) is 5.52 Å². The van der Waals surface area contributed by atoms with Gasteiger partial charge in [0, 0.05) is 17.1 Å². The van der Waals surface area contributed by atoms with Crippen LogP contribution >= 0.6 is 0 Å². The van der Waals surface area contributed by atoms with Crippen LogP contribution in [0.3, 0.4) is 0 Å². The van der Waals surface area contributed by atoms with Gasteiger partial charge in [-0.1, -0.05) is 13.8 Å². The molecular formula is C14H16N2O. The molecular weight excluding hydrogens is 212 g/mol. The van der Waals surface area contributed by atoms with Crippen LogP contribution in [0.15, 0.2) is 30.5 Å². The Hall–Kier alpha value is -1.90. The Morgan fingerprint density at radius 1 is 1.35 bits per heavy atom. The molecule has 1 aromatic carbocycles. The molecule has 0 unspecified atom stereocenters. The number of carbonyl (C=O) groups excluding carboxylic acids is 1. The minimum absolute atomic E-state index is 0.397. The highest BCUT2D eigenvalue weighted by Crippen LogP contribution is 2.20. The van der Waals surface area contributed by atoms with Gasteiger partial charge in [0.25, 0.3) is 0 Å². The third-order valence-electron chi connectivity index (χ3n) is 2.74. The minimum atomic E-state index is -0.397. The first-order valence-electron chi connectivity index (χ1n) is 5.75. The molecule has 2 aromatic rings. The molecule has 88 valence electrons. The number of nitrogens with two attached hydrogens (primary N) is 1. The molecule has 0 fully saturated rings. The molecule has 2 N–H and O–H groups in total. The summed E-state index contributed by atoms with van der Waals surface area (Å²) in [4.78, 5) is 15.5. The molecule has 0 aliphatic rings. The second-order valence-corrected chi connectivity index (χ2v) is 4.66. The lowest BCUT2D eigenvalue weighted by Crippen LogP contribution is -2.10. The Balaban J connectivity index is 2.59. The molecule has 0 saturated carbocycles. The van der Waals surface area contributed by atoms with Gasteiger partial charge in [0.15, 0.2) is 0 Å². The van der Waals surface area contributed by atoms with Crippen molar-refractivity contribution in [3.05, 3.63) is 41.6 Å². The van der Waals surface area contributed by atoms with E-state index in [4.69, 9.17) is 5.73 Å². The molecule has 1 heterocycles. The minimum Gasteiger partial charge on any atom is -0.366 e. The van der Waals surface area contributed by atoms with E-state index in [-0.39, 0.29) is 0 Å². The summed E-state index contributed by atoms with van der Waals surface area (Å²) in [6, 6.07) is 7.41. The van der Waals surface area contributed by atoms with Crippen molar-refractivity contribution >= 4 is 16.8 Å². The summed E-state index contributed by atoms with van der Waals surface area (Å²) >= 11 is 0. The number of fused-ring (bicyclic) bond motifs is 1. The Morgan fingerprint density at radius 3 is 2.76 bits per heavy atom. The zero-order valence-electron chi connectivity index (χ0n) is 10.1. The van der Waals surface area contributed by atoms with Crippen molar-refractivity contribution < 1.29 is 4.79 Å². The number of aromatic nitrogens is 1. The van der Waals surface area contributed by atoms with E-state index in [0.29, 0.717) is 11.5 Å². The molecule has 3 nitrogen and oxygen atoms in total. The van der Waals surface area contributed by atoms with Gasteiger partial charge < -0.3 is 5.73 Å². The van der Waals surface area contributed by atoms with Crippen LogP contribution in [0.1, 0.15) is 29.8 Å². The predicted molar refractivity (Wildman–Crippen MR) is 68.8 cm³/mol. The number of benzene rings is 1. The fourth-order valence-electron chi connectivity index (χ4n) is 1.97. The average molecular weight is 228 g/mol. The molecule has 3 heteroatoms. The monoisotopic (exact) mass is 228 g/mol. The highest BCUT2D eigenvalue weighted by atomic mass is 16.1. The van der Waals surface area contributed by atoms with Gasteiger partial charge in [-0.25, -0.2) is 0 Å². The van der Waals surface area contributed by atoms with Gasteiger partial charge in [-0.05, 0) is 42.2 Å². The van der Waals surface area contributed by atoms with Crippen molar-refractivity contribution in [1.29, 1.82) is 0 Å². The van der Waals surface area contributed by atoms with E-state index in [1.807, 2.05) is 24.4 Å². The first kappa shape index (κ1) is 11.6. The van der Waals surface area contributed by atoms with E-state index in [2.05, 4.69) is 18.8 Å². The van der Waals surface area contributed by atoms with Crippen LogP contribution in [0.25, 0.3) is 10.9 Å². The Kier molecular flexibility index (Phi) is 3.09. The van der Waals surface area contributed by atoms with E-state index in [1.54, 1.807) is 6.07 Å². The molecule has 1 amide bonds. The molecule has 0 aliphatic carbocycles. The fraction of sp³-hybridized carbons (Fsp3) is 0.286. The largest absolute Gasteiger partial charge is 0.366 e. The SMILES string of the molecule is CC(C)Cc1ccnc2ccc(C(N)=O)cc12. The molecule has 0 atom stereocenters. The number of rotatable bonds is 3. The highest BCUT2D eigenvalue weighted by molar-refractivity contribution is 5.97. The quantitative estimate of drug-likeness (QED) is 0.877. The van der Waals surface area contributed by atoms with E-state index < -0.39 is 5.91 Å². The topological polar surface area (TPSA) is 56.0 Å². The smallest absolute Gasteiger partial charge is 0.248 e. The number of hydrogen-bond acceptors (Lipinski definition) is 2. The Bertz CT molecular complexity index is 561. The summed E-state index contributed by atoms with van der Waals surface area (Å²) in [6.07, 6.45) is 2.78. The lowest BCUT2D eigenvalue weighted by Gasteiger charge is -2.09. The number of hydrogen-bond donors (Lipinski definition) is 1. The lowest BCUT2D eigenvalue weighted by molar-refractivity contribution is 0.100. The maximum absolute atomic E-state index is 11.2. The van der Waals surface area contributed by atoms with Crippen molar-refractivity contribution in [2.75, 3.05) is 0 Å². The van der Waals surface area contributed by atoms with Crippen molar-refractivity contribution in [2.45, 2.75) is 20.3 Å². The zero-order valence-corrected chi connectivity index (χ0v) is 10.1. The van der Waals surface area contributed by atoms with Crippen molar-refractivity contribution in [3.63, 3.8) is 0 Å². The first-order chi connectivity index (χ1) is 8.08. The van der Waals surface area contributed by atoms with Gasteiger partial charge in [0.2, 0.25) is 5.91 Å². The Labute approximate surface area is 101 Å². The summed E-state index contributed by atoms with van der Waals surface area (Å²) in [5.41, 5.74) is 7.96. The molecule has 0 saturated heterocycles. The molecule has 0 radical (unpaired) electrons. The van der Waals surface area contributed by atoms with Crippen LogP contribution in [-0.4, -0.2) is 10.9 Å². The molecule has 0 bridgehead atoms. The van der Waals surface area contributed by atoms with Crippen molar-refractivity contribution in [3.8, 4) is 0 Å². The lowest BCUT2D eigenvalue weighted by atomic mass is 9.98. The standard InChI is InChI=1S/C14H16N2O/c1-9(2)7-10-5-6-16-13-4-3-11(14(15)17)8-12(10)13/h3-6,8-9H,7H2,1-2H3,(H2,15,17). The molecule has 17 heavy (non-hydrogen) atoms. The molecule has 0 aliphatic heterocycles. The van der Waals surface area contributed by atoms with Gasteiger partial charge in [0.1, 0.15) is 0 Å². The molecule has 1 aromatic heterocycles. The van der Waals surface area contributed by atoms with E-state index >= 15 is 0 Å². The summed E-state index contributed by atoms with van der Waals surface area (Å²) < 4.78 is 0. The van der Waals surface area contributed by atoms with Gasteiger partial charge >= 0.3 is 0 Å². The number of pyridine rings is 1. The first-order valence-corrected chi connectivity index (χ1v) is 5.75. The average Bonchev–Trinajstić information content (AvgIpc) is 2.28. The van der Waals surface area contributed by atoms with E-state index in [9.17, 15) is 4.79 Å². The van der Waals surface area contributed by atoms with Crippen molar-refractivity contribution in [1.82, 2.24) is 4.98 Å². The summed E-state index contributed by atoms with van der Waals surface area (Å²) in [5, 5.41) is 1.03. The number of nitrogens with zero attached hydrogens (tertiary/aromatic N) is 1. The summed E-state index contributed by atoms with van der Waals surface area (Å²) in [5.74, 6) is 0.170. The molecule has 0 spiro atoms. The number of carbonyl (C=O) groups is 1. The predicted octanol–water partition coefficient (Wildman–Crippen LogP) is 2.53. The maximum Gasteiger partial charge on any atom is 0.248 e. The fourth-order valence-corrected chi connectivity index (χ4v) is 1.97. The van der Waals surface area contributed by atoms with Gasteiger partial charge in [-0.15, -0.1) is 0 Å². The number of amides is 1. The number of primary amides is 1. The van der Waals surface area contributed by atoms with E-state index in [0.717, 1.165) is 17.3 Å². The van der Waals surface area contributed by atoms with Crippen LogP contribution in [0.4, 0.5) is 0 Å². The van der Waals surface area contributed by atoms with Crippen LogP contribution in [0.5, 0.6) is 0 Å². The van der Waals surface area contributed by atoms with Crippen LogP contribution < -0.4 is 5.73 Å². The van der Waals surface area contributed by atoms with Gasteiger partial charge in [-0.3, -0.25) is 9.78 Å². The second kappa shape index (κ2) is 4.53. The van der Waals surface area contributed by atoms with E-state index in [1.165, 1.54) is 5.56 Å². The second-order valence-electron chi connectivity index (χ2n) is 4.66. The normalized spacial score (nSPS) is 11.0. The Morgan fingerprint density at radius 2 is 2.12 bits per heavy atom. The molecule has 2 rings (SSSR count). The van der Waals surface area contributed by atoms with Crippen LogP contribution in [0.2, 0.25) is 0 Å². The van der Waals surface area contributed by atoms with Crippen LogP contribution in [-0.2, 0) is 6.42 Å². The van der Waals surface area contributed by atoms with Crippen molar-refractivity contribution in [2.24, 2.45) is 11.7 Å². The summed E-state index contributed by atoms with van der Waals surface area (Å²) in [7, 11) is 0. The van der Waals surface area contributed by atoms with Crippen LogP contribution in [0, 0.1) is 5.92 Å². The third kappa shape index (κ3) is 2.44. The maximum atomic E-state index is 11.2.